The maximum absolute atomic E-state index is 11.4. The van der Waals surface area contributed by atoms with Gasteiger partial charge < -0.3 is 16.0 Å². The topological polar surface area (TPSA) is 58.4 Å². The van der Waals surface area contributed by atoms with Gasteiger partial charge in [0.1, 0.15) is 0 Å². The second-order valence-corrected chi connectivity index (χ2v) is 4.76. The van der Waals surface area contributed by atoms with Crippen LogP contribution in [0.2, 0.25) is 5.02 Å². The summed E-state index contributed by atoms with van der Waals surface area (Å²) in [6.07, 6.45) is 0. The van der Waals surface area contributed by atoms with Crippen LogP contribution in [0.15, 0.2) is 18.2 Å². The molecule has 0 unspecified atom stereocenters. The Bertz CT molecular complexity index is 436. The zero-order valence-corrected chi connectivity index (χ0v) is 10.5. The zero-order valence-electron chi connectivity index (χ0n) is 9.74. The third-order valence-corrected chi connectivity index (χ3v) is 3.17. The normalized spacial score (nSPS) is 20.4. The van der Waals surface area contributed by atoms with Crippen LogP contribution in [0.25, 0.3) is 0 Å². The van der Waals surface area contributed by atoms with Crippen LogP contribution in [0.5, 0.6) is 0 Å². The predicted octanol–water partition coefficient (Wildman–Crippen LogP) is 1.24. The lowest BCUT2D eigenvalue weighted by molar-refractivity contribution is 0.100. The first kappa shape index (κ1) is 12.2. The third-order valence-electron chi connectivity index (χ3n) is 2.93. The van der Waals surface area contributed by atoms with Gasteiger partial charge in [0, 0.05) is 30.7 Å². The zero-order chi connectivity index (χ0) is 12.4. The highest BCUT2D eigenvalue weighted by Gasteiger charge is 2.20. The van der Waals surface area contributed by atoms with Gasteiger partial charge in [-0.05, 0) is 25.1 Å². The summed E-state index contributed by atoms with van der Waals surface area (Å²) in [5.74, 6) is -0.414. The number of primary amides is 1. The van der Waals surface area contributed by atoms with Crippen LogP contribution in [0.3, 0.4) is 0 Å². The molecule has 0 aromatic heterocycles. The maximum atomic E-state index is 11.4. The van der Waals surface area contributed by atoms with E-state index in [1.54, 1.807) is 18.2 Å². The number of carbonyl (C=O) groups excluding carboxylic acids is 1. The Balaban J connectivity index is 2.35. The summed E-state index contributed by atoms with van der Waals surface area (Å²) in [6, 6.07) is 5.58. The first-order valence-corrected chi connectivity index (χ1v) is 6.03. The van der Waals surface area contributed by atoms with Crippen LogP contribution in [0.1, 0.15) is 17.3 Å². The molecule has 1 fully saturated rings. The number of nitrogens with one attached hydrogen (secondary N) is 1. The Labute approximate surface area is 106 Å². The van der Waals surface area contributed by atoms with E-state index in [-0.39, 0.29) is 0 Å². The van der Waals surface area contributed by atoms with Gasteiger partial charge in [-0.15, -0.1) is 0 Å². The highest BCUT2D eigenvalue weighted by Crippen LogP contribution is 2.25. The van der Waals surface area contributed by atoms with E-state index in [4.69, 9.17) is 17.3 Å². The number of halogens is 1. The quantitative estimate of drug-likeness (QED) is 0.834. The minimum absolute atomic E-state index is 0.392. The van der Waals surface area contributed by atoms with Crippen molar-refractivity contribution in [3.63, 3.8) is 0 Å². The summed E-state index contributed by atoms with van der Waals surface area (Å²) >= 11 is 5.98. The first-order chi connectivity index (χ1) is 8.08. The number of rotatable bonds is 2. The molecule has 1 saturated heterocycles. The molecule has 92 valence electrons. The molecule has 5 heteroatoms. The molecule has 17 heavy (non-hydrogen) atoms. The smallest absolute Gasteiger partial charge is 0.250 e. The largest absolute Gasteiger partial charge is 0.368 e. The van der Waals surface area contributed by atoms with Crippen molar-refractivity contribution in [2.45, 2.75) is 13.0 Å². The van der Waals surface area contributed by atoms with Gasteiger partial charge in [0.25, 0.3) is 5.91 Å². The number of nitrogens with zero attached hydrogens (tertiary/aromatic N) is 1. The molecule has 0 bridgehead atoms. The molecule has 1 aromatic rings. The van der Waals surface area contributed by atoms with Gasteiger partial charge in [0.15, 0.2) is 0 Å². The second kappa shape index (κ2) is 4.94. The minimum Gasteiger partial charge on any atom is -0.368 e. The molecule has 1 amide bonds. The van der Waals surface area contributed by atoms with E-state index in [0.717, 1.165) is 25.3 Å². The molecule has 0 saturated carbocycles. The molecule has 0 aliphatic carbocycles. The molecule has 3 N–H and O–H groups in total. The molecule has 1 aromatic carbocycles. The van der Waals surface area contributed by atoms with Crippen molar-refractivity contribution >= 4 is 23.2 Å². The summed E-state index contributed by atoms with van der Waals surface area (Å²) < 4.78 is 0. The third kappa shape index (κ3) is 2.70. The molecule has 2 rings (SSSR count). The van der Waals surface area contributed by atoms with Crippen LogP contribution in [0, 0.1) is 0 Å². The fourth-order valence-electron chi connectivity index (χ4n) is 2.13. The van der Waals surface area contributed by atoms with Gasteiger partial charge in [0.05, 0.1) is 11.3 Å². The molecule has 1 aliphatic rings. The Morgan fingerprint density at radius 3 is 3.00 bits per heavy atom. The van der Waals surface area contributed by atoms with Crippen molar-refractivity contribution in [3.8, 4) is 0 Å². The second-order valence-electron chi connectivity index (χ2n) is 4.33. The average Bonchev–Trinajstić information content (AvgIpc) is 2.28. The van der Waals surface area contributed by atoms with E-state index < -0.39 is 5.91 Å². The van der Waals surface area contributed by atoms with Crippen molar-refractivity contribution in [2.75, 3.05) is 24.5 Å². The standard InChI is InChI=1S/C12H16ClN3O/c1-8-7-16(5-4-15-8)11-6-9(13)2-3-10(11)12(14)17/h2-3,6,8,15H,4-5,7H2,1H3,(H2,14,17)/t8-/m1/s1. The SMILES string of the molecule is C[C@@H]1CN(c2cc(Cl)ccc2C(N)=O)CCN1. The van der Waals surface area contributed by atoms with Crippen molar-refractivity contribution in [1.29, 1.82) is 0 Å². The Morgan fingerprint density at radius 2 is 2.35 bits per heavy atom. The summed E-state index contributed by atoms with van der Waals surface area (Å²) in [5.41, 5.74) is 6.74. The van der Waals surface area contributed by atoms with Crippen molar-refractivity contribution in [1.82, 2.24) is 5.32 Å². The number of hydrogen-bond donors (Lipinski definition) is 2. The van der Waals surface area contributed by atoms with Crippen LogP contribution in [-0.2, 0) is 0 Å². The molecule has 0 radical (unpaired) electrons. The lowest BCUT2D eigenvalue weighted by atomic mass is 10.1. The van der Waals surface area contributed by atoms with Gasteiger partial charge in [-0.1, -0.05) is 11.6 Å². The van der Waals surface area contributed by atoms with Crippen molar-refractivity contribution in [2.24, 2.45) is 5.73 Å². The number of piperazine rings is 1. The molecule has 1 aliphatic heterocycles. The van der Waals surface area contributed by atoms with Gasteiger partial charge in [-0.3, -0.25) is 4.79 Å². The van der Waals surface area contributed by atoms with Crippen molar-refractivity contribution in [3.05, 3.63) is 28.8 Å². The lowest BCUT2D eigenvalue weighted by Crippen LogP contribution is -2.49. The lowest BCUT2D eigenvalue weighted by Gasteiger charge is -2.34. The number of hydrogen-bond acceptors (Lipinski definition) is 3. The highest BCUT2D eigenvalue weighted by atomic mass is 35.5. The van der Waals surface area contributed by atoms with Crippen LogP contribution in [0.4, 0.5) is 5.69 Å². The summed E-state index contributed by atoms with van der Waals surface area (Å²) in [5, 5.41) is 3.98. The summed E-state index contributed by atoms with van der Waals surface area (Å²) in [6.45, 7) is 4.71. The Kier molecular flexibility index (Phi) is 3.54. The fraction of sp³-hybridized carbons (Fsp3) is 0.417. The fourth-order valence-corrected chi connectivity index (χ4v) is 2.29. The van der Waals surface area contributed by atoms with E-state index in [0.29, 0.717) is 16.6 Å². The molecular weight excluding hydrogens is 238 g/mol. The van der Waals surface area contributed by atoms with E-state index in [1.807, 2.05) is 0 Å². The monoisotopic (exact) mass is 253 g/mol. The molecule has 1 heterocycles. The number of benzene rings is 1. The highest BCUT2D eigenvalue weighted by molar-refractivity contribution is 6.31. The molecule has 0 spiro atoms. The van der Waals surface area contributed by atoms with E-state index >= 15 is 0 Å². The van der Waals surface area contributed by atoms with Crippen molar-refractivity contribution < 1.29 is 4.79 Å². The molecule has 4 nitrogen and oxygen atoms in total. The Morgan fingerprint density at radius 1 is 1.59 bits per heavy atom. The minimum atomic E-state index is -0.414. The predicted molar refractivity (Wildman–Crippen MR) is 69.6 cm³/mol. The number of anilines is 1. The van der Waals surface area contributed by atoms with Gasteiger partial charge in [-0.2, -0.15) is 0 Å². The number of nitrogens with two attached hydrogens (primary N) is 1. The first-order valence-electron chi connectivity index (χ1n) is 5.65. The summed E-state index contributed by atoms with van der Waals surface area (Å²) in [4.78, 5) is 13.5. The van der Waals surface area contributed by atoms with Gasteiger partial charge in [0.2, 0.25) is 0 Å². The number of carbonyl (C=O) groups is 1. The van der Waals surface area contributed by atoms with Gasteiger partial charge in [-0.25, -0.2) is 0 Å². The van der Waals surface area contributed by atoms with Crippen LogP contribution < -0.4 is 16.0 Å². The van der Waals surface area contributed by atoms with E-state index in [1.165, 1.54) is 0 Å². The van der Waals surface area contributed by atoms with Crippen LogP contribution in [-0.4, -0.2) is 31.6 Å². The van der Waals surface area contributed by atoms with E-state index in [9.17, 15) is 4.79 Å². The maximum Gasteiger partial charge on any atom is 0.250 e. The summed E-state index contributed by atoms with van der Waals surface area (Å²) in [7, 11) is 0. The average molecular weight is 254 g/mol. The molecular formula is C12H16ClN3O. The van der Waals surface area contributed by atoms with E-state index in [2.05, 4.69) is 17.1 Å². The molecule has 1 atom stereocenters. The van der Waals surface area contributed by atoms with Crippen LogP contribution >= 0.6 is 11.6 Å². The Hall–Kier alpha value is -1.26. The number of amides is 1. The van der Waals surface area contributed by atoms with Gasteiger partial charge >= 0.3 is 0 Å².